The van der Waals surface area contributed by atoms with Crippen molar-refractivity contribution in [1.29, 1.82) is 0 Å². The molecule has 2 rings (SSSR count). The van der Waals surface area contributed by atoms with Gasteiger partial charge in [-0.2, -0.15) is 27.1 Å². The molecule has 3 nitrogen and oxygen atoms in total. The van der Waals surface area contributed by atoms with Gasteiger partial charge in [-0.1, -0.05) is 30.3 Å². The lowest BCUT2D eigenvalue weighted by Crippen LogP contribution is -2.23. The second-order valence-corrected chi connectivity index (χ2v) is 4.32. The third-order valence-corrected chi connectivity index (χ3v) is 2.71. The summed E-state index contributed by atoms with van der Waals surface area (Å²) in [6.45, 7) is -0.956. The highest BCUT2D eigenvalue weighted by Gasteiger charge is 2.40. The molecule has 1 aromatic carbocycles. The van der Waals surface area contributed by atoms with Gasteiger partial charge in [0.15, 0.2) is 0 Å². The van der Waals surface area contributed by atoms with Crippen LogP contribution in [0.15, 0.2) is 42.7 Å². The van der Waals surface area contributed by atoms with Crippen LogP contribution in [-0.2, 0) is 12.5 Å². The van der Waals surface area contributed by atoms with Crippen LogP contribution in [0.4, 0.5) is 22.0 Å². The highest BCUT2D eigenvalue weighted by Crippen LogP contribution is 2.29. The summed E-state index contributed by atoms with van der Waals surface area (Å²) in [6.07, 6.45) is -3.78. The SMILES string of the molecule is O=C(c1cnn(CC(F)(F)c2ccccc2)c1)C(F)(F)F. The molecule has 8 heteroatoms. The van der Waals surface area contributed by atoms with Crippen LogP contribution >= 0.6 is 0 Å². The summed E-state index contributed by atoms with van der Waals surface area (Å²) >= 11 is 0. The smallest absolute Gasteiger partial charge is 0.284 e. The van der Waals surface area contributed by atoms with E-state index in [4.69, 9.17) is 0 Å². The highest BCUT2D eigenvalue weighted by atomic mass is 19.4. The molecule has 1 heterocycles. The zero-order valence-corrected chi connectivity index (χ0v) is 10.4. The van der Waals surface area contributed by atoms with Crippen LogP contribution in [0, 0.1) is 0 Å². The Balaban J connectivity index is 2.18. The van der Waals surface area contributed by atoms with E-state index in [-0.39, 0.29) is 5.56 Å². The summed E-state index contributed by atoms with van der Waals surface area (Å²) in [5, 5.41) is 3.38. The molecular formula is C13H9F5N2O. The monoisotopic (exact) mass is 304 g/mol. The third kappa shape index (κ3) is 3.45. The third-order valence-electron chi connectivity index (χ3n) is 2.71. The first-order chi connectivity index (χ1) is 9.70. The van der Waals surface area contributed by atoms with Crippen LogP contribution in [-0.4, -0.2) is 21.7 Å². The fourth-order valence-electron chi connectivity index (χ4n) is 1.71. The Morgan fingerprint density at radius 1 is 1.10 bits per heavy atom. The summed E-state index contributed by atoms with van der Waals surface area (Å²) < 4.78 is 65.1. The number of aromatic nitrogens is 2. The summed E-state index contributed by atoms with van der Waals surface area (Å²) in [4.78, 5) is 10.9. The maximum absolute atomic E-state index is 13.9. The maximum Gasteiger partial charge on any atom is 0.454 e. The van der Waals surface area contributed by atoms with Gasteiger partial charge in [0.1, 0.15) is 6.54 Å². The molecule has 21 heavy (non-hydrogen) atoms. The van der Waals surface area contributed by atoms with Crippen LogP contribution in [0.25, 0.3) is 0 Å². The van der Waals surface area contributed by atoms with Gasteiger partial charge >= 0.3 is 6.18 Å². The van der Waals surface area contributed by atoms with Crippen molar-refractivity contribution in [2.75, 3.05) is 0 Å². The average molecular weight is 304 g/mol. The van der Waals surface area contributed by atoms with Crippen molar-refractivity contribution in [2.45, 2.75) is 18.6 Å². The number of hydrogen-bond acceptors (Lipinski definition) is 2. The normalized spacial score (nSPS) is 12.4. The largest absolute Gasteiger partial charge is 0.454 e. The molecule has 0 N–H and O–H groups in total. The van der Waals surface area contributed by atoms with Gasteiger partial charge in [-0.15, -0.1) is 0 Å². The van der Waals surface area contributed by atoms with E-state index in [2.05, 4.69) is 5.10 Å². The van der Waals surface area contributed by atoms with E-state index in [0.29, 0.717) is 17.1 Å². The fraction of sp³-hybridized carbons (Fsp3) is 0.231. The molecule has 0 saturated carbocycles. The van der Waals surface area contributed by atoms with Crippen molar-refractivity contribution >= 4 is 5.78 Å². The number of carbonyl (C=O) groups is 1. The molecular weight excluding hydrogens is 295 g/mol. The van der Waals surface area contributed by atoms with E-state index >= 15 is 0 Å². The van der Waals surface area contributed by atoms with Gasteiger partial charge < -0.3 is 0 Å². The van der Waals surface area contributed by atoms with E-state index in [1.165, 1.54) is 24.3 Å². The second kappa shape index (κ2) is 5.27. The van der Waals surface area contributed by atoms with Crippen LogP contribution in [0.3, 0.4) is 0 Å². The summed E-state index contributed by atoms with van der Waals surface area (Å²) in [5.41, 5.74) is -1.06. The predicted octanol–water partition coefficient (Wildman–Crippen LogP) is 3.42. The second-order valence-electron chi connectivity index (χ2n) is 4.32. The highest BCUT2D eigenvalue weighted by molar-refractivity contribution is 5.99. The lowest BCUT2D eigenvalue weighted by atomic mass is 10.1. The molecule has 0 amide bonds. The van der Waals surface area contributed by atoms with Crippen LogP contribution < -0.4 is 0 Å². The minimum Gasteiger partial charge on any atom is -0.284 e. The van der Waals surface area contributed by atoms with E-state index in [1.807, 2.05) is 0 Å². The molecule has 1 aromatic heterocycles. The summed E-state index contributed by atoms with van der Waals surface area (Å²) in [6, 6.07) is 6.81. The number of alkyl halides is 5. The van der Waals surface area contributed by atoms with Gasteiger partial charge in [0.25, 0.3) is 11.7 Å². The molecule has 0 spiro atoms. The number of rotatable bonds is 4. The summed E-state index contributed by atoms with van der Waals surface area (Å²) in [5.74, 6) is -5.43. The Kier molecular flexibility index (Phi) is 3.80. The van der Waals surface area contributed by atoms with Gasteiger partial charge in [-0.25, -0.2) is 0 Å². The van der Waals surface area contributed by atoms with Crippen molar-refractivity contribution in [2.24, 2.45) is 0 Å². The molecule has 0 aliphatic carbocycles. The van der Waals surface area contributed by atoms with Gasteiger partial charge in [-0.05, 0) is 0 Å². The molecule has 2 aromatic rings. The standard InChI is InChI=1S/C13H9F5N2O/c14-12(15,10-4-2-1-3-5-10)8-20-7-9(6-19-20)11(21)13(16,17)18/h1-7H,8H2. The topological polar surface area (TPSA) is 34.9 Å². The van der Waals surface area contributed by atoms with Crippen molar-refractivity contribution < 1.29 is 26.7 Å². The Morgan fingerprint density at radius 2 is 1.71 bits per heavy atom. The van der Waals surface area contributed by atoms with Crippen molar-refractivity contribution in [1.82, 2.24) is 9.78 Å². The molecule has 0 unspecified atom stereocenters. The minimum absolute atomic E-state index is 0.288. The number of carbonyl (C=O) groups excluding carboxylic acids is 1. The van der Waals surface area contributed by atoms with E-state index < -0.39 is 30.0 Å². The average Bonchev–Trinajstić information content (AvgIpc) is 2.85. The van der Waals surface area contributed by atoms with Gasteiger partial charge in [0, 0.05) is 11.8 Å². The Labute approximate surface area is 116 Å². The van der Waals surface area contributed by atoms with Crippen molar-refractivity contribution in [3.63, 3.8) is 0 Å². The molecule has 0 bridgehead atoms. The molecule has 0 atom stereocenters. The van der Waals surface area contributed by atoms with E-state index in [1.54, 1.807) is 6.07 Å². The fourth-order valence-corrected chi connectivity index (χ4v) is 1.71. The number of ketones is 1. The molecule has 0 aliphatic rings. The number of benzene rings is 1. The van der Waals surface area contributed by atoms with Crippen LogP contribution in [0.5, 0.6) is 0 Å². The van der Waals surface area contributed by atoms with Crippen LogP contribution in [0.1, 0.15) is 15.9 Å². The zero-order valence-electron chi connectivity index (χ0n) is 10.4. The lowest BCUT2D eigenvalue weighted by Gasteiger charge is -2.16. The van der Waals surface area contributed by atoms with Gasteiger partial charge in [-0.3, -0.25) is 9.48 Å². The van der Waals surface area contributed by atoms with Crippen molar-refractivity contribution in [3.8, 4) is 0 Å². The minimum atomic E-state index is -5.06. The molecule has 0 aliphatic heterocycles. The molecule has 0 saturated heterocycles. The zero-order chi connectivity index (χ0) is 15.7. The number of Topliss-reactive ketones (excluding diaryl/α,β-unsaturated/α-hetero) is 1. The molecule has 0 fully saturated rings. The number of hydrogen-bond donors (Lipinski definition) is 0. The first-order valence-electron chi connectivity index (χ1n) is 5.77. The number of halogens is 5. The van der Waals surface area contributed by atoms with Crippen molar-refractivity contribution in [3.05, 3.63) is 53.9 Å². The van der Waals surface area contributed by atoms with Gasteiger partial charge in [0.2, 0.25) is 0 Å². The Morgan fingerprint density at radius 3 is 2.29 bits per heavy atom. The molecule has 112 valence electrons. The number of nitrogens with zero attached hydrogens (tertiary/aromatic N) is 2. The summed E-state index contributed by atoms with van der Waals surface area (Å²) in [7, 11) is 0. The Bertz CT molecular complexity index is 634. The maximum atomic E-state index is 13.9. The van der Waals surface area contributed by atoms with Crippen LogP contribution in [0.2, 0.25) is 0 Å². The first-order valence-corrected chi connectivity index (χ1v) is 5.77. The quantitative estimate of drug-likeness (QED) is 0.641. The predicted molar refractivity (Wildman–Crippen MR) is 62.9 cm³/mol. The van der Waals surface area contributed by atoms with Gasteiger partial charge in [0.05, 0.1) is 11.8 Å². The Hall–Kier alpha value is -2.25. The molecule has 0 radical (unpaired) electrons. The van der Waals surface area contributed by atoms with E-state index in [9.17, 15) is 26.7 Å². The first kappa shape index (κ1) is 15.1. The van der Waals surface area contributed by atoms with E-state index in [0.717, 1.165) is 0 Å². The lowest BCUT2D eigenvalue weighted by molar-refractivity contribution is -0.0885.